The Hall–Kier alpha value is -2.24. The number of nitrogens with one attached hydrogen (secondary N) is 2. The Balaban J connectivity index is 2.04. The third-order valence-corrected chi connectivity index (χ3v) is 5.25. The second-order valence-corrected chi connectivity index (χ2v) is 7.70. The summed E-state index contributed by atoms with van der Waals surface area (Å²) >= 11 is 12.0. The molecule has 2 N–H and O–H groups in total. The molecule has 0 aliphatic rings. The van der Waals surface area contributed by atoms with E-state index in [-0.39, 0.29) is 11.9 Å². The molecular weight excluding hydrogens is 397 g/mol. The maximum atomic E-state index is 12.4. The predicted octanol–water partition coefficient (Wildman–Crippen LogP) is 5.53. The zero-order valence-electron chi connectivity index (χ0n) is 16.5. The molecule has 0 spiro atoms. The van der Waals surface area contributed by atoms with Crippen LogP contribution in [0.4, 0.5) is 10.5 Å². The number of hydrogen-bond acceptors (Lipinski definition) is 2. The summed E-state index contributed by atoms with van der Waals surface area (Å²) in [6.07, 6.45) is 0. The van der Waals surface area contributed by atoms with Crippen LogP contribution >= 0.6 is 23.2 Å². The monoisotopic (exact) mass is 421 g/mol. The number of carbonyl (C=O) groups is 2. The van der Waals surface area contributed by atoms with E-state index in [1.807, 2.05) is 33.8 Å². The largest absolute Gasteiger partial charge is 0.339 e. The average molecular weight is 422 g/mol. The van der Waals surface area contributed by atoms with Crippen molar-refractivity contribution in [3.63, 3.8) is 0 Å². The Morgan fingerprint density at radius 1 is 0.964 bits per heavy atom. The summed E-state index contributed by atoms with van der Waals surface area (Å²) in [5.41, 5.74) is 1.36. The molecule has 0 atom stereocenters. The molecule has 0 bridgehead atoms. The fourth-order valence-corrected chi connectivity index (χ4v) is 3.09. The van der Waals surface area contributed by atoms with E-state index in [9.17, 15) is 9.59 Å². The molecule has 0 saturated heterocycles. The molecule has 3 amide bonds. The molecule has 0 aromatic heterocycles. The van der Waals surface area contributed by atoms with Crippen molar-refractivity contribution in [3.8, 4) is 0 Å². The molecule has 0 aliphatic heterocycles. The maximum Gasteiger partial charge on any atom is 0.319 e. The number of carbonyl (C=O) groups excluding carboxylic acids is 2. The zero-order chi connectivity index (χ0) is 20.9. The minimum atomic E-state index is -0.656. The molecule has 7 heteroatoms. The van der Waals surface area contributed by atoms with E-state index in [1.54, 1.807) is 41.3 Å². The minimum Gasteiger partial charge on any atom is -0.339 e. The molecule has 0 saturated carbocycles. The smallest absolute Gasteiger partial charge is 0.319 e. The van der Waals surface area contributed by atoms with Crippen molar-refractivity contribution in [2.24, 2.45) is 0 Å². The molecular formula is C21H25Cl2N3O2. The number of anilines is 1. The van der Waals surface area contributed by atoms with Crippen LogP contribution in [0, 0.1) is 0 Å². The number of nitrogens with zero attached hydrogens (tertiary/aromatic N) is 1. The van der Waals surface area contributed by atoms with Crippen LogP contribution in [-0.2, 0) is 5.54 Å². The van der Waals surface area contributed by atoms with Crippen LogP contribution in [0.3, 0.4) is 0 Å². The Labute approximate surface area is 176 Å². The Bertz CT molecular complexity index is 847. The molecule has 2 rings (SSSR count). The number of halogens is 2. The summed E-state index contributed by atoms with van der Waals surface area (Å²) in [4.78, 5) is 26.5. The number of rotatable bonds is 6. The van der Waals surface area contributed by atoms with Crippen molar-refractivity contribution in [2.75, 3.05) is 18.4 Å². The first-order chi connectivity index (χ1) is 13.2. The highest BCUT2D eigenvalue weighted by atomic mass is 35.5. The van der Waals surface area contributed by atoms with Crippen LogP contribution < -0.4 is 10.6 Å². The lowest BCUT2D eigenvalue weighted by atomic mass is 9.94. The summed E-state index contributed by atoms with van der Waals surface area (Å²) < 4.78 is 0. The highest BCUT2D eigenvalue weighted by molar-refractivity contribution is 6.42. The Morgan fingerprint density at radius 3 is 2.11 bits per heavy atom. The van der Waals surface area contributed by atoms with Gasteiger partial charge in [-0.15, -0.1) is 0 Å². The number of benzene rings is 2. The van der Waals surface area contributed by atoms with E-state index in [4.69, 9.17) is 23.2 Å². The summed E-state index contributed by atoms with van der Waals surface area (Å²) in [7, 11) is 0. The van der Waals surface area contributed by atoms with Crippen molar-refractivity contribution in [2.45, 2.75) is 33.2 Å². The first kappa shape index (κ1) is 22.1. The summed E-state index contributed by atoms with van der Waals surface area (Å²) in [6.45, 7) is 8.94. The van der Waals surface area contributed by atoms with Gasteiger partial charge in [0.05, 0.1) is 15.6 Å². The highest BCUT2D eigenvalue weighted by Crippen LogP contribution is 2.28. The lowest BCUT2D eigenvalue weighted by Gasteiger charge is -2.27. The van der Waals surface area contributed by atoms with Crippen LogP contribution in [0.15, 0.2) is 42.5 Å². The Kier molecular flexibility index (Phi) is 7.33. The molecule has 2 aromatic carbocycles. The van der Waals surface area contributed by atoms with E-state index in [2.05, 4.69) is 10.6 Å². The van der Waals surface area contributed by atoms with Crippen LogP contribution in [0.2, 0.25) is 10.0 Å². The van der Waals surface area contributed by atoms with Crippen LogP contribution in [0.5, 0.6) is 0 Å². The molecule has 150 valence electrons. The predicted molar refractivity (Wildman–Crippen MR) is 115 cm³/mol. The maximum absolute atomic E-state index is 12.4. The van der Waals surface area contributed by atoms with Gasteiger partial charge >= 0.3 is 6.03 Å². The lowest BCUT2D eigenvalue weighted by Crippen LogP contribution is -2.43. The summed E-state index contributed by atoms with van der Waals surface area (Å²) in [6, 6.07) is 11.7. The van der Waals surface area contributed by atoms with E-state index in [0.717, 1.165) is 5.56 Å². The van der Waals surface area contributed by atoms with Gasteiger partial charge in [-0.2, -0.15) is 0 Å². The molecule has 0 fully saturated rings. The molecule has 2 aromatic rings. The van der Waals surface area contributed by atoms with Gasteiger partial charge in [0, 0.05) is 24.3 Å². The molecule has 28 heavy (non-hydrogen) atoms. The molecule has 0 heterocycles. The normalized spacial score (nSPS) is 11.1. The quantitative estimate of drug-likeness (QED) is 0.643. The van der Waals surface area contributed by atoms with E-state index in [1.165, 1.54) is 0 Å². The zero-order valence-corrected chi connectivity index (χ0v) is 18.0. The van der Waals surface area contributed by atoms with E-state index in [0.29, 0.717) is 34.4 Å². The van der Waals surface area contributed by atoms with Crippen molar-refractivity contribution in [1.29, 1.82) is 0 Å². The standard InChI is InChI=1S/C21H25Cl2N3O2/c1-5-26(6-2)19(27)14-7-10-16(11-8-14)24-20(28)25-21(3,4)15-9-12-17(22)18(23)13-15/h7-13H,5-6H2,1-4H3,(H2,24,25,28). The van der Waals surface area contributed by atoms with Gasteiger partial charge in [0.2, 0.25) is 0 Å². The van der Waals surface area contributed by atoms with Crippen molar-refractivity contribution in [1.82, 2.24) is 10.2 Å². The van der Waals surface area contributed by atoms with Gasteiger partial charge in [0.25, 0.3) is 5.91 Å². The van der Waals surface area contributed by atoms with Crippen molar-refractivity contribution >= 4 is 40.8 Å². The molecule has 0 aliphatic carbocycles. The van der Waals surface area contributed by atoms with E-state index >= 15 is 0 Å². The number of hydrogen-bond donors (Lipinski definition) is 2. The van der Waals surface area contributed by atoms with Crippen LogP contribution in [0.1, 0.15) is 43.6 Å². The third kappa shape index (κ3) is 5.40. The van der Waals surface area contributed by atoms with Gasteiger partial charge < -0.3 is 15.5 Å². The first-order valence-electron chi connectivity index (χ1n) is 9.12. The molecule has 0 radical (unpaired) electrons. The SMILES string of the molecule is CCN(CC)C(=O)c1ccc(NC(=O)NC(C)(C)c2ccc(Cl)c(Cl)c2)cc1. The van der Waals surface area contributed by atoms with Crippen molar-refractivity contribution in [3.05, 3.63) is 63.6 Å². The second-order valence-electron chi connectivity index (χ2n) is 6.89. The fraction of sp³-hybridized carbons (Fsp3) is 0.333. The second kappa shape index (κ2) is 9.30. The van der Waals surface area contributed by atoms with Crippen LogP contribution in [0.25, 0.3) is 0 Å². The van der Waals surface area contributed by atoms with Crippen LogP contribution in [-0.4, -0.2) is 29.9 Å². The highest BCUT2D eigenvalue weighted by Gasteiger charge is 2.23. The summed E-state index contributed by atoms with van der Waals surface area (Å²) in [5.74, 6) is -0.0262. The van der Waals surface area contributed by atoms with Gasteiger partial charge in [-0.3, -0.25) is 4.79 Å². The van der Waals surface area contributed by atoms with Gasteiger partial charge in [0.15, 0.2) is 0 Å². The van der Waals surface area contributed by atoms with Gasteiger partial charge in [-0.25, -0.2) is 4.79 Å². The Morgan fingerprint density at radius 2 is 1.57 bits per heavy atom. The average Bonchev–Trinajstić information content (AvgIpc) is 2.64. The van der Waals surface area contributed by atoms with Gasteiger partial charge in [-0.1, -0.05) is 29.3 Å². The third-order valence-electron chi connectivity index (χ3n) is 4.51. The number of amides is 3. The topological polar surface area (TPSA) is 61.4 Å². The lowest BCUT2D eigenvalue weighted by molar-refractivity contribution is 0.0773. The molecule has 0 unspecified atom stereocenters. The first-order valence-corrected chi connectivity index (χ1v) is 9.87. The molecule has 5 nitrogen and oxygen atoms in total. The minimum absolute atomic E-state index is 0.0262. The number of urea groups is 1. The summed E-state index contributed by atoms with van der Waals surface area (Å²) in [5, 5.41) is 6.59. The van der Waals surface area contributed by atoms with Gasteiger partial charge in [0.1, 0.15) is 0 Å². The fourth-order valence-electron chi connectivity index (χ4n) is 2.79. The van der Waals surface area contributed by atoms with Crippen molar-refractivity contribution < 1.29 is 9.59 Å². The van der Waals surface area contributed by atoms with E-state index < -0.39 is 5.54 Å². The van der Waals surface area contributed by atoms with Gasteiger partial charge in [-0.05, 0) is 69.7 Å².